The van der Waals surface area contributed by atoms with Crippen LogP contribution in [0.5, 0.6) is 0 Å². The number of amides is 3. The van der Waals surface area contributed by atoms with Crippen molar-refractivity contribution in [1.82, 2.24) is 14.7 Å². The fraction of sp³-hybridized carbons (Fsp3) is 0.550. The van der Waals surface area contributed by atoms with Crippen LogP contribution in [0.4, 0.5) is 4.39 Å². The van der Waals surface area contributed by atoms with Gasteiger partial charge in [0.1, 0.15) is 5.82 Å². The third kappa shape index (κ3) is 5.67. The summed E-state index contributed by atoms with van der Waals surface area (Å²) in [6, 6.07) is 3.71. The predicted octanol–water partition coefficient (Wildman–Crippen LogP) is 2.80. The summed E-state index contributed by atoms with van der Waals surface area (Å²) in [4.78, 5) is 42.0. The summed E-state index contributed by atoms with van der Waals surface area (Å²) < 4.78 is 13.2. The zero-order valence-electron chi connectivity index (χ0n) is 16.4. The molecule has 1 saturated heterocycles. The highest BCUT2D eigenvalue weighted by Crippen LogP contribution is 2.20. The summed E-state index contributed by atoms with van der Waals surface area (Å²) in [6.07, 6.45) is 1.22. The van der Waals surface area contributed by atoms with E-state index in [1.54, 1.807) is 14.7 Å². The van der Waals surface area contributed by atoms with E-state index < -0.39 is 5.82 Å². The van der Waals surface area contributed by atoms with Gasteiger partial charge in [-0.3, -0.25) is 14.4 Å². The lowest BCUT2D eigenvalue weighted by atomic mass is 10.1. The Morgan fingerprint density at radius 1 is 1.04 bits per heavy atom. The number of halogens is 2. The van der Waals surface area contributed by atoms with Gasteiger partial charge in [0, 0.05) is 52.1 Å². The maximum Gasteiger partial charge on any atom is 0.255 e. The summed E-state index contributed by atoms with van der Waals surface area (Å²) >= 11 is 5.97. The third-order valence-corrected chi connectivity index (χ3v) is 5.29. The lowest BCUT2D eigenvalue weighted by Crippen LogP contribution is -2.50. The van der Waals surface area contributed by atoms with Gasteiger partial charge in [0.2, 0.25) is 11.8 Å². The Kier molecular flexibility index (Phi) is 8.23. The molecule has 0 spiro atoms. The van der Waals surface area contributed by atoms with Gasteiger partial charge in [-0.15, -0.1) is 0 Å². The highest BCUT2D eigenvalue weighted by molar-refractivity contribution is 6.33. The largest absolute Gasteiger partial charge is 0.343 e. The fourth-order valence-corrected chi connectivity index (χ4v) is 3.52. The highest BCUT2D eigenvalue weighted by Gasteiger charge is 2.26. The van der Waals surface area contributed by atoms with Gasteiger partial charge in [0.05, 0.1) is 10.6 Å². The number of nitrogens with zero attached hydrogens (tertiary/aromatic N) is 3. The van der Waals surface area contributed by atoms with E-state index in [-0.39, 0.29) is 28.3 Å². The monoisotopic (exact) mass is 411 g/mol. The van der Waals surface area contributed by atoms with Gasteiger partial charge in [0.25, 0.3) is 5.91 Å². The van der Waals surface area contributed by atoms with Crippen molar-refractivity contribution in [2.24, 2.45) is 0 Å². The maximum atomic E-state index is 13.2. The van der Waals surface area contributed by atoms with E-state index in [4.69, 9.17) is 11.6 Å². The molecule has 0 bridgehead atoms. The summed E-state index contributed by atoms with van der Waals surface area (Å²) in [5.74, 6) is -0.679. The van der Waals surface area contributed by atoms with Gasteiger partial charge in [-0.25, -0.2) is 4.39 Å². The lowest BCUT2D eigenvalue weighted by molar-refractivity contribution is -0.133. The molecular weight excluding hydrogens is 385 g/mol. The van der Waals surface area contributed by atoms with Crippen molar-refractivity contribution in [3.63, 3.8) is 0 Å². The van der Waals surface area contributed by atoms with Crippen LogP contribution in [-0.2, 0) is 9.59 Å². The van der Waals surface area contributed by atoms with Crippen molar-refractivity contribution in [3.8, 4) is 0 Å². The first-order chi connectivity index (χ1) is 13.4. The second-order valence-electron chi connectivity index (χ2n) is 6.72. The van der Waals surface area contributed by atoms with Gasteiger partial charge in [0.15, 0.2) is 0 Å². The van der Waals surface area contributed by atoms with Gasteiger partial charge in [-0.05, 0) is 38.5 Å². The second-order valence-corrected chi connectivity index (χ2v) is 7.12. The Hall–Kier alpha value is -2.15. The molecule has 3 amide bonds. The standard InChI is InChI=1S/C20H27ClFN3O3/c1-3-23(4-2)18(26)6-5-7-19(27)24-10-12-25(13-11-24)20(28)16-9-8-15(22)14-17(16)21/h8-9,14H,3-7,10-13H2,1-2H3. The fourth-order valence-electron chi connectivity index (χ4n) is 3.28. The van der Waals surface area contributed by atoms with Crippen LogP contribution in [0, 0.1) is 5.82 Å². The van der Waals surface area contributed by atoms with E-state index in [9.17, 15) is 18.8 Å². The molecule has 0 N–H and O–H groups in total. The first-order valence-electron chi connectivity index (χ1n) is 9.67. The number of benzene rings is 1. The molecule has 0 aliphatic carbocycles. The van der Waals surface area contributed by atoms with E-state index in [2.05, 4.69) is 0 Å². The minimum Gasteiger partial charge on any atom is -0.343 e. The number of hydrogen-bond donors (Lipinski definition) is 0. The van der Waals surface area contributed by atoms with Crippen LogP contribution in [0.1, 0.15) is 43.5 Å². The van der Waals surface area contributed by atoms with Crippen molar-refractivity contribution in [1.29, 1.82) is 0 Å². The topological polar surface area (TPSA) is 60.9 Å². The molecule has 1 fully saturated rings. The summed E-state index contributed by atoms with van der Waals surface area (Å²) in [5, 5.41) is 0.0846. The Morgan fingerprint density at radius 2 is 1.64 bits per heavy atom. The minimum atomic E-state index is -0.489. The van der Waals surface area contributed by atoms with Crippen molar-refractivity contribution in [2.75, 3.05) is 39.3 Å². The van der Waals surface area contributed by atoms with E-state index in [1.165, 1.54) is 12.1 Å². The molecule has 154 valence electrons. The minimum absolute atomic E-state index is 0.000685. The third-order valence-electron chi connectivity index (χ3n) is 4.98. The van der Waals surface area contributed by atoms with Crippen molar-refractivity contribution in [2.45, 2.75) is 33.1 Å². The Labute approximate surface area is 170 Å². The first kappa shape index (κ1) is 22.1. The van der Waals surface area contributed by atoms with Gasteiger partial charge >= 0.3 is 0 Å². The van der Waals surface area contributed by atoms with Crippen LogP contribution < -0.4 is 0 Å². The molecule has 1 heterocycles. The van der Waals surface area contributed by atoms with Crippen molar-refractivity contribution in [3.05, 3.63) is 34.6 Å². The SMILES string of the molecule is CCN(CC)C(=O)CCCC(=O)N1CCN(C(=O)c2ccc(F)cc2Cl)CC1. The van der Waals surface area contributed by atoms with Crippen LogP contribution >= 0.6 is 11.6 Å². The zero-order valence-corrected chi connectivity index (χ0v) is 17.2. The molecule has 1 aromatic rings. The average molecular weight is 412 g/mol. The number of carbonyl (C=O) groups is 3. The molecule has 8 heteroatoms. The van der Waals surface area contributed by atoms with Crippen LogP contribution in [0.3, 0.4) is 0 Å². The normalized spacial score (nSPS) is 14.1. The molecule has 1 aromatic carbocycles. The molecule has 28 heavy (non-hydrogen) atoms. The second kappa shape index (κ2) is 10.4. The molecule has 1 aliphatic rings. The van der Waals surface area contributed by atoms with Crippen molar-refractivity contribution >= 4 is 29.3 Å². The van der Waals surface area contributed by atoms with Gasteiger partial charge in [-0.2, -0.15) is 0 Å². The van der Waals surface area contributed by atoms with Gasteiger partial charge < -0.3 is 14.7 Å². The summed E-state index contributed by atoms with van der Waals surface area (Å²) in [6.45, 7) is 6.90. The molecular formula is C20H27ClFN3O3. The highest BCUT2D eigenvalue weighted by atomic mass is 35.5. The molecule has 0 atom stereocenters. The quantitative estimate of drug-likeness (QED) is 0.693. The van der Waals surface area contributed by atoms with E-state index in [1.807, 2.05) is 13.8 Å². The smallest absolute Gasteiger partial charge is 0.255 e. The van der Waals surface area contributed by atoms with Crippen molar-refractivity contribution < 1.29 is 18.8 Å². The van der Waals surface area contributed by atoms with Crippen LogP contribution in [0.25, 0.3) is 0 Å². The van der Waals surface area contributed by atoms with Crippen LogP contribution in [-0.4, -0.2) is 71.7 Å². The molecule has 1 aliphatic heterocycles. The molecule has 0 unspecified atom stereocenters. The summed E-state index contributed by atoms with van der Waals surface area (Å²) in [7, 11) is 0. The van der Waals surface area contributed by atoms with Crippen LogP contribution in [0.2, 0.25) is 5.02 Å². The van der Waals surface area contributed by atoms with Gasteiger partial charge in [-0.1, -0.05) is 11.6 Å². The summed E-state index contributed by atoms with van der Waals surface area (Å²) in [5.41, 5.74) is 0.262. The molecule has 0 aromatic heterocycles. The number of piperazine rings is 1. The Bertz CT molecular complexity index is 717. The Morgan fingerprint density at radius 3 is 2.21 bits per heavy atom. The van der Waals surface area contributed by atoms with Crippen LogP contribution in [0.15, 0.2) is 18.2 Å². The lowest BCUT2D eigenvalue weighted by Gasteiger charge is -2.35. The van der Waals surface area contributed by atoms with E-state index in [0.29, 0.717) is 58.5 Å². The Balaban J connectivity index is 1.79. The molecule has 0 saturated carbocycles. The zero-order chi connectivity index (χ0) is 20.7. The molecule has 0 radical (unpaired) electrons. The van der Waals surface area contributed by atoms with E-state index in [0.717, 1.165) is 6.07 Å². The molecule has 6 nitrogen and oxygen atoms in total. The number of hydrogen-bond acceptors (Lipinski definition) is 3. The van der Waals surface area contributed by atoms with E-state index >= 15 is 0 Å². The first-order valence-corrected chi connectivity index (χ1v) is 10.0. The maximum absolute atomic E-state index is 13.2. The number of carbonyl (C=O) groups excluding carboxylic acids is 3. The average Bonchev–Trinajstić information content (AvgIpc) is 2.68. The number of rotatable bonds is 7. The molecule has 2 rings (SSSR count). The predicted molar refractivity (Wildman–Crippen MR) is 106 cm³/mol.